The molecule has 4 nitrogen and oxygen atoms in total. The van der Waals surface area contributed by atoms with Crippen molar-refractivity contribution in [1.29, 1.82) is 0 Å². The number of nitrogens with one attached hydrogen (secondary N) is 1. The molecule has 0 fully saturated rings. The van der Waals surface area contributed by atoms with Crippen LogP contribution < -0.4 is 5.32 Å². The van der Waals surface area contributed by atoms with Crippen LogP contribution in [0.15, 0.2) is 23.1 Å². The molecule has 0 unspecified atom stereocenters. The molecule has 0 radical (unpaired) electrons. The maximum atomic E-state index is 13.8. The molecule has 0 aromatic heterocycles. The van der Waals surface area contributed by atoms with Crippen molar-refractivity contribution in [3.63, 3.8) is 0 Å². The van der Waals surface area contributed by atoms with Crippen LogP contribution in [-0.4, -0.2) is 33.4 Å². The summed E-state index contributed by atoms with van der Waals surface area (Å²) in [6, 6.07) is 4.02. The summed E-state index contributed by atoms with van der Waals surface area (Å²) in [6.07, 6.45) is 5.05. The third kappa shape index (κ3) is 3.07. The van der Waals surface area contributed by atoms with Gasteiger partial charge in [0.25, 0.3) is 0 Å². The summed E-state index contributed by atoms with van der Waals surface area (Å²) in [4.78, 5) is -0.361. The molecule has 98 valence electrons. The average molecular weight is 270 g/mol. The molecular formula is C12H15FN2O2S. The van der Waals surface area contributed by atoms with E-state index in [0.717, 1.165) is 4.31 Å². The van der Waals surface area contributed by atoms with Gasteiger partial charge in [0, 0.05) is 13.6 Å². The molecule has 18 heavy (non-hydrogen) atoms. The van der Waals surface area contributed by atoms with E-state index < -0.39 is 15.8 Å². The van der Waals surface area contributed by atoms with Gasteiger partial charge in [0.1, 0.15) is 10.7 Å². The van der Waals surface area contributed by atoms with Crippen molar-refractivity contribution in [2.24, 2.45) is 0 Å². The van der Waals surface area contributed by atoms with Crippen molar-refractivity contribution in [3.05, 3.63) is 29.6 Å². The van der Waals surface area contributed by atoms with Crippen molar-refractivity contribution >= 4 is 10.0 Å². The minimum atomic E-state index is -3.87. The minimum Gasteiger partial charge on any atom is -0.316 e. The van der Waals surface area contributed by atoms with E-state index in [1.54, 1.807) is 13.1 Å². The zero-order chi connectivity index (χ0) is 13.8. The number of hydrogen-bond donors (Lipinski definition) is 1. The Hall–Kier alpha value is -1.42. The maximum Gasteiger partial charge on any atom is 0.246 e. The van der Waals surface area contributed by atoms with Crippen LogP contribution in [0.25, 0.3) is 0 Å². The summed E-state index contributed by atoms with van der Waals surface area (Å²) in [5, 5.41) is 2.86. The monoisotopic (exact) mass is 270 g/mol. The molecule has 1 aromatic rings. The second kappa shape index (κ2) is 5.96. The molecular weight excluding hydrogens is 255 g/mol. The summed E-state index contributed by atoms with van der Waals surface area (Å²) in [5.41, 5.74) is 0.675. The maximum absolute atomic E-state index is 13.8. The Morgan fingerprint density at radius 3 is 2.67 bits per heavy atom. The Morgan fingerprint density at radius 2 is 2.17 bits per heavy atom. The standard InChI is InChI=1S/C12H15FN2O2S/c1-4-7-15(3)18(16,17)12-6-5-10(9-14-2)8-11(12)13/h1,5-6,8,14H,7,9H2,2-3H3. The highest BCUT2D eigenvalue weighted by Crippen LogP contribution is 2.19. The van der Waals surface area contributed by atoms with E-state index in [1.165, 1.54) is 19.2 Å². The Morgan fingerprint density at radius 1 is 1.50 bits per heavy atom. The second-order valence-electron chi connectivity index (χ2n) is 3.76. The summed E-state index contributed by atoms with van der Waals surface area (Å²) in [7, 11) is -0.827. The van der Waals surface area contributed by atoms with Gasteiger partial charge in [-0.05, 0) is 24.7 Å². The van der Waals surface area contributed by atoms with Gasteiger partial charge in [0.2, 0.25) is 10.0 Å². The first kappa shape index (κ1) is 14.6. The van der Waals surface area contributed by atoms with E-state index in [1.807, 2.05) is 0 Å². The van der Waals surface area contributed by atoms with Crippen LogP contribution in [0, 0.1) is 18.2 Å². The van der Waals surface area contributed by atoms with E-state index in [2.05, 4.69) is 11.2 Å². The highest BCUT2D eigenvalue weighted by molar-refractivity contribution is 7.89. The third-order valence-corrected chi connectivity index (χ3v) is 4.22. The van der Waals surface area contributed by atoms with Crippen molar-refractivity contribution in [2.45, 2.75) is 11.4 Å². The van der Waals surface area contributed by atoms with Gasteiger partial charge >= 0.3 is 0 Å². The number of benzene rings is 1. The number of terminal acetylenes is 1. The number of nitrogens with zero attached hydrogens (tertiary/aromatic N) is 1. The predicted molar refractivity (Wildman–Crippen MR) is 67.8 cm³/mol. The molecule has 0 heterocycles. The zero-order valence-electron chi connectivity index (χ0n) is 10.3. The largest absolute Gasteiger partial charge is 0.316 e. The van der Waals surface area contributed by atoms with Crippen LogP contribution in [0.5, 0.6) is 0 Å². The van der Waals surface area contributed by atoms with E-state index in [4.69, 9.17) is 6.42 Å². The van der Waals surface area contributed by atoms with Gasteiger partial charge in [0.05, 0.1) is 6.54 Å². The molecule has 0 aliphatic rings. The summed E-state index contributed by atoms with van der Waals surface area (Å²) in [6.45, 7) is 0.373. The fourth-order valence-electron chi connectivity index (χ4n) is 1.45. The summed E-state index contributed by atoms with van der Waals surface area (Å²) < 4.78 is 38.7. The Bertz CT molecular complexity index is 564. The highest BCUT2D eigenvalue weighted by Gasteiger charge is 2.23. The molecule has 0 spiro atoms. The van der Waals surface area contributed by atoms with Gasteiger partial charge in [0.15, 0.2) is 0 Å². The van der Waals surface area contributed by atoms with Gasteiger partial charge in [-0.25, -0.2) is 12.8 Å². The van der Waals surface area contributed by atoms with Crippen LogP contribution >= 0.6 is 0 Å². The molecule has 0 bridgehead atoms. The molecule has 0 saturated carbocycles. The first-order chi connectivity index (χ1) is 8.43. The average Bonchev–Trinajstić information content (AvgIpc) is 2.29. The lowest BCUT2D eigenvalue weighted by Crippen LogP contribution is -2.28. The summed E-state index contributed by atoms with van der Waals surface area (Å²) >= 11 is 0. The van der Waals surface area contributed by atoms with Crippen molar-refractivity contribution in [3.8, 4) is 12.3 Å². The molecule has 0 aliphatic heterocycles. The quantitative estimate of drug-likeness (QED) is 0.805. The molecule has 0 saturated heterocycles. The Labute approximate surface area is 107 Å². The third-order valence-electron chi connectivity index (χ3n) is 2.38. The summed E-state index contributed by atoms with van der Waals surface area (Å²) in [5.74, 6) is 1.44. The molecule has 1 N–H and O–H groups in total. The first-order valence-electron chi connectivity index (χ1n) is 5.26. The molecule has 0 aliphatic carbocycles. The van der Waals surface area contributed by atoms with Crippen LogP contribution in [0.1, 0.15) is 5.56 Å². The normalized spacial score (nSPS) is 11.5. The van der Waals surface area contributed by atoms with Crippen LogP contribution in [0.2, 0.25) is 0 Å². The molecule has 0 atom stereocenters. The number of hydrogen-bond acceptors (Lipinski definition) is 3. The van der Waals surface area contributed by atoms with Crippen LogP contribution in [-0.2, 0) is 16.6 Å². The topological polar surface area (TPSA) is 49.4 Å². The fourth-order valence-corrected chi connectivity index (χ4v) is 2.57. The predicted octanol–water partition coefficient (Wildman–Crippen LogP) is 0.799. The lowest BCUT2D eigenvalue weighted by atomic mass is 10.2. The van der Waals surface area contributed by atoms with Crippen molar-refractivity contribution in [1.82, 2.24) is 9.62 Å². The second-order valence-corrected chi connectivity index (χ2v) is 5.77. The molecule has 1 aromatic carbocycles. The van der Waals surface area contributed by atoms with Crippen molar-refractivity contribution < 1.29 is 12.8 Å². The van der Waals surface area contributed by atoms with Crippen LogP contribution in [0.4, 0.5) is 4.39 Å². The highest BCUT2D eigenvalue weighted by atomic mass is 32.2. The number of sulfonamides is 1. The van der Waals surface area contributed by atoms with Gasteiger partial charge < -0.3 is 5.32 Å². The van der Waals surface area contributed by atoms with E-state index in [9.17, 15) is 12.8 Å². The number of halogens is 1. The van der Waals surface area contributed by atoms with Crippen molar-refractivity contribution in [2.75, 3.05) is 20.6 Å². The van der Waals surface area contributed by atoms with Gasteiger partial charge in [-0.3, -0.25) is 0 Å². The van der Waals surface area contributed by atoms with E-state index in [0.29, 0.717) is 12.1 Å². The Balaban J connectivity index is 3.15. The lowest BCUT2D eigenvalue weighted by molar-refractivity contribution is 0.492. The van der Waals surface area contributed by atoms with Crippen LogP contribution in [0.3, 0.4) is 0 Å². The van der Waals surface area contributed by atoms with Gasteiger partial charge in [-0.15, -0.1) is 6.42 Å². The molecule has 1 rings (SSSR count). The minimum absolute atomic E-state index is 0.0972. The number of rotatable bonds is 5. The van der Waals surface area contributed by atoms with E-state index >= 15 is 0 Å². The first-order valence-corrected chi connectivity index (χ1v) is 6.70. The smallest absolute Gasteiger partial charge is 0.246 e. The zero-order valence-corrected chi connectivity index (χ0v) is 11.1. The Kier molecular flexibility index (Phi) is 4.84. The SMILES string of the molecule is C#CCN(C)S(=O)(=O)c1ccc(CNC)cc1F. The molecule has 6 heteroatoms. The molecule has 0 amide bonds. The van der Waals surface area contributed by atoms with Gasteiger partial charge in [-0.2, -0.15) is 4.31 Å². The van der Waals surface area contributed by atoms with Gasteiger partial charge in [-0.1, -0.05) is 12.0 Å². The lowest BCUT2D eigenvalue weighted by Gasteiger charge is -2.15. The van der Waals surface area contributed by atoms with E-state index in [-0.39, 0.29) is 11.4 Å². The fraction of sp³-hybridized carbons (Fsp3) is 0.333.